The number of hydrogen-bond acceptors (Lipinski definition) is 5. The summed E-state index contributed by atoms with van der Waals surface area (Å²) in [7, 11) is 3.13. The summed E-state index contributed by atoms with van der Waals surface area (Å²) < 4.78 is 22.4. The van der Waals surface area contributed by atoms with E-state index in [9.17, 15) is 4.79 Å². The number of fused-ring (bicyclic) bond motifs is 1. The van der Waals surface area contributed by atoms with Crippen molar-refractivity contribution in [3.05, 3.63) is 52.8 Å². The topological polar surface area (TPSA) is 69.9 Å². The van der Waals surface area contributed by atoms with Crippen molar-refractivity contribution < 1.29 is 23.4 Å². The van der Waals surface area contributed by atoms with Gasteiger partial charge in [-0.25, -0.2) is 0 Å². The maximum atomic E-state index is 12.7. The predicted octanol–water partition coefficient (Wildman–Crippen LogP) is 5.82. The third-order valence-corrected chi connectivity index (χ3v) is 5.36. The van der Waals surface area contributed by atoms with Crippen LogP contribution in [0.4, 0.5) is 5.69 Å². The first-order chi connectivity index (χ1) is 14.8. The van der Waals surface area contributed by atoms with Crippen LogP contribution in [0.2, 0.25) is 0 Å². The van der Waals surface area contributed by atoms with Gasteiger partial charge in [0.15, 0.2) is 11.5 Å². The predicted molar refractivity (Wildman–Crippen MR) is 123 cm³/mol. The van der Waals surface area contributed by atoms with Crippen LogP contribution in [0.1, 0.15) is 36.3 Å². The number of ether oxygens (including phenoxy) is 3. The number of carbonyl (C=O) groups is 1. The van der Waals surface area contributed by atoms with Gasteiger partial charge >= 0.3 is 0 Å². The van der Waals surface area contributed by atoms with Crippen molar-refractivity contribution >= 4 is 28.1 Å². The lowest BCUT2D eigenvalue weighted by Crippen LogP contribution is -2.09. The zero-order valence-electron chi connectivity index (χ0n) is 19.1. The second-order valence-corrected chi connectivity index (χ2v) is 7.36. The van der Waals surface area contributed by atoms with E-state index in [2.05, 4.69) is 5.32 Å². The first kappa shape index (κ1) is 22.3. The van der Waals surface area contributed by atoms with Crippen LogP contribution in [0.3, 0.4) is 0 Å². The second kappa shape index (κ2) is 9.16. The van der Waals surface area contributed by atoms with Gasteiger partial charge in [-0.15, -0.1) is 0 Å². The van der Waals surface area contributed by atoms with Crippen molar-refractivity contribution in [2.45, 2.75) is 34.6 Å². The molecule has 0 radical (unpaired) electrons. The van der Waals surface area contributed by atoms with Crippen LogP contribution in [0.25, 0.3) is 16.5 Å². The molecule has 0 atom stereocenters. The first-order valence-electron chi connectivity index (χ1n) is 10.2. The van der Waals surface area contributed by atoms with Crippen molar-refractivity contribution in [2.75, 3.05) is 26.1 Å². The number of benzene rings is 2. The average Bonchev–Trinajstić information content (AvgIpc) is 3.04. The smallest absolute Gasteiger partial charge is 0.248 e. The Morgan fingerprint density at radius 1 is 1.06 bits per heavy atom. The van der Waals surface area contributed by atoms with Crippen LogP contribution in [0.5, 0.6) is 17.2 Å². The van der Waals surface area contributed by atoms with Crippen LogP contribution in [-0.2, 0) is 4.79 Å². The third-order valence-electron chi connectivity index (χ3n) is 5.36. The van der Waals surface area contributed by atoms with Crippen molar-refractivity contribution in [1.82, 2.24) is 0 Å². The zero-order valence-corrected chi connectivity index (χ0v) is 19.1. The molecule has 0 bridgehead atoms. The Morgan fingerprint density at radius 3 is 2.42 bits per heavy atom. The molecule has 1 heterocycles. The van der Waals surface area contributed by atoms with E-state index in [0.717, 1.165) is 44.7 Å². The number of hydrogen-bond donors (Lipinski definition) is 1. The molecule has 0 saturated heterocycles. The number of methoxy groups -OCH3 is 2. The van der Waals surface area contributed by atoms with Gasteiger partial charge in [-0.1, -0.05) is 0 Å². The number of anilines is 1. The third kappa shape index (κ3) is 4.38. The number of allylic oxidation sites excluding steroid dienone is 1. The Kier molecular flexibility index (Phi) is 6.59. The largest absolute Gasteiger partial charge is 0.493 e. The highest BCUT2D eigenvalue weighted by Gasteiger charge is 2.19. The number of amides is 1. The molecule has 0 unspecified atom stereocenters. The zero-order chi connectivity index (χ0) is 22.7. The SMILES string of the molecule is CCOc1c(/C(C)=C/C(=O)Nc2ccc(OC)c(OC)c2)cc2c(C)c(C)oc2c1C. The van der Waals surface area contributed by atoms with Crippen LogP contribution >= 0.6 is 0 Å². The fraction of sp³-hybridized carbons (Fsp3) is 0.320. The highest BCUT2D eigenvalue weighted by Crippen LogP contribution is 2.39. The molecule has 0 aliphatic rings. The van der Waals surface area contributed by atoms with E-state index in [4.69, 9.17) is 18.6 Å². The van der Waals surface area contributed by atoms with Crippen LogP contribution in [0.15, 0.2) is 34.8 Å². The molecular formula is C25H29NO5. The molecule has 31 heavy (non-hydrogen) atoms. The van der Waals surface area contributed by atoms with E-state index in [1.54, 1.807) is 38.5 Å². The summed E-state index contributed by atoms with van der Waals surface area (Å²) in [4.78, 5) is 12.7. The van der Waals surface area contributed by atoms with Crippen LogP contribution < -0.4 is 19.5 Å². The lowest BCUT2D eigenvalue weighted by molar-refractivity contribution is -0.111. The summed E-state index contributed by atoms with van der Waals surface area (Å²) in [5, 5.41) is 3.91. The minimum Gasteiger partial charge on any atom is -0.493 e. The van der Waals surface area contributed by atoms with E-state index in [1.165, 1.54) is 0 Å². The molecule has 0 aliphatic carbocycles. The molecule has 1 amide bonds. The summed E-state index contributed by atoms with van der Waals surface area (Å²) in [5.41, 5.74) is 5.13. The molecule has 1 N–H and O–H groups in total. The van der Waals surface area contributed by atoms with E-state index >= 15 is 0 Å². The molecule has 2 aromatic carbocycles. The molecule has 0 spiro atoms. The van der Waals surface area contributed by atoms with Gasteiger partial charge in [0.1, 0.15) is 17.1 Å². The normalized spacial score (nSPS) is 11.5. The number of furan rings is 1. The van der Waals surface area contributed by atoms with Crippen molar-refractivity contribution in [2.24, 2.45) is 0 Å². The minimum absolute atomic E-state index is 0.245. The van der Waals surface area contributed by atoms with Gasteiger partial charge in [-0.05, 0) is 64.0 Å². The molecule has 3 rings (SSSR count). The number of aryl methyl sites for hydroxylation is 3. The monoisotopic (exact) mass is 423 g/mol. The van der Waals surface area contributed by atoms with Gasteiger partial charge in [0.2, 0.25) is 5.91 Å². The van der Waals surface area contributed by atoms with Crippen LogP contribution in [-0.4, -0.2) is 26.7 Å². The molecule has 6 nitrogen and oxygen atoms in total. The summed E-state index contributed by atoms with van der Waals surface area (Å²) in [5.74, 6) is 2.52. The lowest BCUT2D eigenvalue weighted by Gasteiger charge is -2.15. The maximum absolute atomic E-state index is 12.7. The lowest BCUT2D eigenvalue weighted by atomic mass is 9.98. The molecule has 1 aromatic heterocycles. The standard InChI is InChI=1S/C25H29NO5/c1-8-30-24-16(4)25-20(15(3)17(5)31-25)13-19(24)14(2)11-23(27)26-18-9-10-21(28-6)22(12-18)29-7/h9-13H,8H2,1-7H3,(H,26,27)/b14-11+. The Morgan fingerprint density at radius 2 is 1.77 bits per heavy atom. The second-order valence-electron chi connectivity index (χ2n) is 7.36. The van der Waals surface area contributed by atoms with Gasteiger partial charge in [0.25, 0.3) is 0 Å². The molecule has 6 heteroatoms. The highest BCUT2D eigenvalue weighted by atomic mass is 16.5. The average molecular weight is 424 g/mol. The fourth-order valence-electron chi connectivity index (χ4n) is 3.60. The van der Waals surface area contributed by atoms with E-state index in [0.29, 0.717) is 23.8 Å². The molecule has 3 aromatic rings. The number of nitrogens with one attached hydrogen (secondary N) is 1. The quantitative estimate of drug-likeness (QED) is 0.485. The molecule has 0 fully saturated rings. The van der Waals surface area contributed by atoms with Crippen molar-refractivity contribution in [3.63, 3.8) is 0 Å². The summed E-state index contributed by atoms with van der Waals surface area (Å²) in [6, 6.07) is 7.27. The summed E-state index contributed by atoms with van der Waals surface area (Å²) in [6.07, 6.45) is 1.57. The van der Waals surface area contributed by atoms with E-state index in [-0.39, 0.29) is 5.91 Å². The van der Waals surface area contributed by atoms with E-state index < -0.39 is 0 Å². The highest BCUT2D eigenvalue weighted by molar-refractivity contribution is 6.05. The Hall–Kier alpha value is -3.41. The van der Waals surface area contributed by atoms with Gasteiger partial charge in [0.05, 0.1) is 20.8 Å². The maximum Gasteiger partial charge on any atom is 0.248 e. The number of rotatable bonds is 7. The van der Waals surface area contributed by atoms with Gasteiger partial charge in [-0.2, -0.15) is 0 Å². The van der Waals surface area contributed by atoms with E-state index in [1.807, 2.05) is 40.7 Å². The Labute approximate surface area is 182 Å². The van der Waals surface area contributed by atoms with Crippen molar-refractivity contribution in [1.29, 1.82) is 0 Å². The fourth-order valence-corrected chi connectivity index (χ4v) is 3.60. The first-order valence-corrected chi connectivity index (χ1v) is 10.2. The van der Waals surface area contributed by atoms with Gasteiger partial charge < -0.3 is 23.9 Å². The van der Waals surface area contributed by atoms with Gasteiger partial charge in [-0.3, -0.25) is 4.79 Å². The molecule has 164 valence electrons. The molecule has 0 saturated carbocycles. The molecule has 0 aliphatic heterocycles. The van der Waals surface area contributed by atoms with Gasteiger partial charge in [0, 0.05) is 34.3 Å². The Balaban J connectivity index is 1.97. The Bertz CT molecular complexity index is 1160. The van der Waals surface area contributed by atoms with Crippen molar-refractivity contribution in [3.8, 4) is 17.2 Å². The van der Waals surface area contributed by atoms with Crippen LogP contribution in [0, 0.1) is 20.8 Å². The summed E-state index contributed by atoms with van der Waals surface area (Å²) >= 11 is 0. The minimum atomic E-state index is -0.245. The summed E-state index contributed by atoms with van der Waals surface area (Å²) in [6.45, 7) is 10.3. The molecular weight excluding hydrogens is 394 g/mol. The number of carbonyl (C=O) groups excluding carboxylic acids is 1.